The fraction of sp³-hybridized carbons (Fsp3) is 0.516. The highest BCUT2D eigenvalue weighted by Crippen LogP contribution is 2.28. The molecule has 38 heavy (non-hydrogen) atoms. The molecule has 2 aliphatic heterocycles. The molecule has 2 aliphatic rings. The molecule has 3 heterocycles. The summed E-state index contributed by atoms with van der Waals surface area (Å²) in [5, 5.41) is 0. The maximum atomic E-state index is 13.6. The number of pyridine rings is 1. The molecule has 0 saturated carbocycles. The molecule has 0 N–H and O–H groups in total. The first kappa shape index (κ1) is 29.4. The molecule has 1 amide bonds. The summed E-state index contributed by atoms with van der Waals surface area (Å²) in [5.41, 5.74) is 2.15. The van der Waals surface area contributed by atoms with Gasteiger partial charge in [0.15, 0.2) is 0 Å². The van der Waals surface area contributed by atoms with Gasteiger partial charge in [-0.15, -0.1) is 0 Å². The Labute approximate surface area is 229 Å². The number of carbonyl (C=O) groups is 1. The van der Waals surface area contributed by atoms with Gasteiger partial charge in [-0.05, 0) is 62.8 Å². The molecule has 1 aromatic rings. The highest BCUT2D eigenvalue weighted by molar-refractivity contribution is 5.94. The minimum Gasteiger partial charge on any atom is -0.493 e. The van der Waals surface area contributed by atoms with Crippen LogP contribution in [0.4, 0.5) is 5.69 Å². The number of hydrogen-bond donors (Lipinski definition) is 0. The Hall–Kier alpha value is -3.19. The summed E-state index contributed by atoms with van der Waals surface area (Å²) in [6.07, 6.45) is 20.6. The molecule has 2 fully saturated rings. The maximum Gasteiger partial charge on any atom is 0.241 e. The number of aromatic nitrogens is 1. The number of unbranched alkanes of at least 4 members (excludes halogenated alkanes) is 1. The predicted octanol–water partition coefficient (Wildman–Crippen LogP) is 5.60. The Kier molecular flexibility index (Phi) is 12.3. The van der Waals surface area contributed by atoms with E-state index in [1.165, 1.54) is 5.57 Å². The molecular formula is C31H45N5O2. The SMILES string of the molecule is C=CN=CN(CC)CC[C@H]1C[C@@H](/C=C/C=C2/OCC/C2=C/C)CN1CC(=O)N(CCCC)c1cccnc1. The molecule has 0 unspecified atom stereocenters. The number of amides is 1. The fourth-order valence-electron chi connectivity index (χ4n) is 5.13. The summed E-state index contributed by atoms with van der Waals surface area (Å²) >= 11 is 0. The van der Waals surface area contributed by atoms with Crippen molar-refractivity contribution in [3.63, 3.8) is 0 Å². The number of hydrogen-bond acceptors (Lipinski definition) is 5. The molecule has 206 valence electrons. The van der Waals surface area contributed by atoms with Crippen molar-refractivity contribution in [2.45, 2.75) is 58.9 Å². The average molecular weight is 520 g/mol. The van der Waals surface area contributed by atoms with Gasteiger partial charge in [0.25, 0.3) is 0 Å². The molecule has 2 saturated heterocycles. The second-order valence-corrected chi connectivity index (χ2v) is 9.88. The monoisotopic (exact) mass is 519 g/mol. The van der Waals surface area contributed by atoms with Crippen molar-refractivity contribution in [3.05, 3.63) is 72.9 Å². The van der Waals surface area contributed by atoms with E-state index in [1.807, 2.05) is 23.4 Å². The van der Waals surface area contributed by atoms with Crippen LogP contribution in [-0.4, -0.2) is 72.4 Å². The van der Waals surface area contributed by atoms with Crippen LogP contribution in [0.25, 0.3) is 0 Å². The number of likely N-dealkylation sites (tertiary alicyclic amines) is 1. The summed E-state index contributed by atoms with van der Waals surface area (Å²) in [4.78, 5) is 28.6. The zero-order valence-electron chi connectivity index (χ0n) is 23.5. The van der Waals surface area contributed by atoms with Crippen LogP contribution in [0, 0.1) is 5.92 Å². The molecule has 2 atom stereocenters. The number of aliphatic imine (C=N–C) groups is 1. The van der Waals surface area contributed by atoms with Crippen molar-refractivity contribution in [1.82, 2.24) is 14.8 Å². The highest BCUT2D eigenvalue weighted by Gasteiger charge is 2.33. The molecule has 0 spiro atoms. The van der Waals surface area contributed by atoms with Crippen LogP contribution in [0.3, 0.4) is 0 Å². The van der Waals surface area contributed by atoms with Crippen LogP contribution in [0.1, 0.15) is 52.9 Å². The van der Waals surface area contributed by atoms with Gasteiger partial charge in [-0.3, -0.25) is 14.7 Å². The van der Waals surface area contributed by atoms with E-state index in [2.05, 4.69) is 71.4 Å². The van der Waals surface area contributed by atoms with E-state index in [4.69, 9.17) is 4.74 Å². The third kappa shape index (κ3) is 8.69. The summed E-state index contributed by atoms with van der Waals surface area (Å²) in [5.74, 6) is 1.51. The lowest BCUT2D eigenvalue weighted by molar-refractivity contribution is -0.120. The lowest BCUT2D eigenvalue weighted by atomic mass is 10.0. The van der Waals surface area contributed by atoms with Crippen molar-refractivity contribution >= 4 is 17.9 Å². The molecule has 0 aliphatic carbocycles. The third-order valence-corrected chi connectivity index (χ3v) is 7.31. The first-order chi connectivity index (χ1) is 18.6. The molecule has 0 radical (unpaired) electrons. The van der Waals surface area contributed by atoms with E-state index in [9.17, 15) is 4.79 Å². The highest BCUT2D eigenvalue weighted by atomic mass is 16.5. The lowest BCUT2D eigenvalue weighted by Gasteiger charge is -2.29. The first-order valence-electron chi connectivity index (χ1n) is 14.1. The van der Waals surface area contributed by atoms with E-state index >= 15 is 0 Å². The molecule has 7 heteroatoms. The molecule has 0 aromatic carbocycles. The third-order valence-electron chi connectivity index (χ3n) is 7.31. The quantitative estimate of drug-likeness (QED) is 0.237. The lowest BCUT2D eigenvalue weighted by Crippen LogP contribution is -2.43. The van der Waals surface area contributed by atoms with Crippen LogP contribution in [-0.2, 0) is 9.53 Å². The van der Waals surface area contributed by atoms with Gasteiger partial charge in [0, 0.05) is 51.0 Å². The van der Waals surface area contributed by atoms with Crippen LogP contribution in [0.2, 0.25) is 0 Å². The smallest absolute Gasteiger partial charge is 0.241 e. The second-order valence-electron chi connectivity index (χ2n) is 9.88. The maximum absolute atomic E-state index is 13.6. The van der Waals surface area contributed by atoms with Gasteiger partial charge in [0.2, 0.25) is 5.91 Å². The number of nitrogens with zero attached hydrogens (tertiary/aromatic N) is 5. The summed E-state index contributed by atoms with van der Waals surface area (Å²) < 4.78 is 5.78. The average Bonchev–Trinajstić information content (AvgIpc) is 3.56. The number of anilines is 1. The Balaban J connectivity index is 1.72. The van der Waals surface area contributed by atoms with Crippen molar-refractivity contribution < 1.29 is 9.53 Å². The van der Waals surface area contributed by atoms with E-state index < -0.39 is 0 Å². The Bertz CT molecular complexity index is 1000. The Morgan fingerprint density at radius 3 is 2.92 bits per heavy atom. The minimum atomic E-state index is 0.140. The minimum absolute atomic E-state index is 0.140. The number of allylic oxidation sites excluding steroid dienone is 4. The van der Waals surface area contributed by atoms with Crippen molar-refractivity contribution in [3.8, 4) is 0 Å². The second kappa shape index (κ2) is 15.9. The molecule has 3 rings (SSSR count). The van der Waals surface area contributed by atoms with Crippen molar-refractivity contribution in [2.75, 3.05) is 44.2 Å². The Morgan fingerprint density at radius 2 is 2.21 bits per heavy atom. The van der Waals surface area contributed by atoms with E-state index in [1.54, 1.807) is 18.6 Å². The Morgan fingerprint density at radius 1 is 1.34 bits per heavy atom. The topological polar surface area (TPSA) is 61.3 Å². The summed E-state index contributed by atoms with van der Waals surface area (Å²) in [6, 6.07) is 4.19. The van der Waals surface area contributed by atoms with Gasteiger partial charge in [0.1, 0.15) is 5.76 Å². The number of ether oxygens (including phenoxy) is 1. The van der Waals surface area contributed by atoms with E-state index in [0.717, 1.165) is 69.8 Å². The first-order valence-corrected chi connectivity index (χ1v) is 14.1. The normalized spacial score (nSPS) is 22.1. The molecule has 0 bridgehead atoms. The zero-order valence-corrected chi connectivity index (χ0v) is 23.5. The fourth-order valence-corrected chi connectivity index (χ4v) is 5.13. The van der Waals surface area contributed by atoms with Crippen molar-refractivity contribution in [1.29, 1.82) is 0 Å². The van der Waals surface area contributed by atoms with E-state index in [-0.39, 0.29) is 5.91 Å². The van der Waals surface area contributed by atoms with Crippen LogP contribution in [0.15, 0.2) is 77.9 Å². The summed E-state index contributed by atoms with van der Waals surface area (Å²) in [7, 11) is 0. The van der Waals surface area contributed by atoms with Gasteiger partial charge >= 0.3 is 0 Å². The number of carbonyl (C=O) groups excluding carboxylic acids is 1. The largest absolute Gasteiger partial charge is 0.493 e. The van der Waals surface area contributed by atoms with Gasteiger partial charge < -0.3 is 14.5 Å². The zero-order chi connectivity index (χ0) is 27.2. The molecular weight excluding hydrogens is 474 g/mol. The molecule has 1 aromatic heterocycles. The van der Waals surface area contributed by atoms with Gasteiger partial charge in [-0.1, -0.05) is 38.2 Å². The van der Waals surface area contributed by atoms with Gasteiger partial charge in [-0.25, -0.2) is 4.99 Å². The van der Waals surface area contributed by atoms with Crippen LogP contribution >= 0.6 is 0 Å². The van der Waals surface area contributed by atoms with Gasteiger partial charge in [-0.2, -0.15) is 0 Å². The van der Waals surface area contributed by atoms with Crippen LogP contribution < -0.4 is 4.90 Å². The summed E-state index contributed by atoms with van der Waals surface area (Å²) in [6.45, 7) is 14.6. The predicted molar refractivity (Wildman–Crippen MR) is 157 cm³/mol. The van der Waals surface area contributed by atoms with Gasteiger partial charge in [0.05, 0.1) is 31.4 Å². The number of rotatable bonds is 14. The van der Waals surface area contributed by atoms with Crippen molar-refractivity contribution in [2.24, 2.45) is 10.9 Å². The van der Waals surface area contributed by atoms with Crippen LogP contribution in [0.5, 0.6) is 0 Å². The molecule has 7 nitrogen and oxygen atoms in total. The van der Waals surface area contributed by atoms with E-state index in [0.29, 0.717) is 25.0 Å². The standard InChI is InChI=1S/C31H45N5O2/c1-5-9-18-36(29-13-11-17-33-22-29)31(37)24-35-23-26(12-10-14-30-27(6-2)16-20-38-30)21-28(35)15-19-34(8-4)25-32-7-3/h6-7,10-14,17,22,25-26,28H,3,5,8-9,15-16,18-21,23-24H2,1-2,4H3/b12-10+,27-6-,30-14+,32-25?/t26-,28+/m1/s1.